The van der Waals surface area contributed by atoms with Crippen molar-refractivity contribution < 1.29 is 0 Å². The Bertz CT molecular complexity index is 3560. The standard InChI is InChI=1S/C55H33N3S/c1-2-13-36(14-3-1)47-28-30-49-53(57-47)42-32-37(25-29-48(42)58(49)51-20-10-11-31-56-51)38-24-23-35-22-21-34-12-4-7-17-43(34)55(46(35)33-38)44-18-8-5-16-41(44)52-45(55)27-26-40-39-15-6-9-19-50(39)59-54(40)52/h1-33H. The molecule has 11 aromatic rings. The number of hydrogen-bond acceptors (Lipinski definition) is 3. The molecular formula is C55H33N3S. The van der Waals surface area contributed by atoms with Gasteiger partial charge in [0.05, 0.1) is 27.7 Å². The van der Waals surface area contributed by atoms with Crippen molar-refractivity contribution in [1.82, 2.24) is 14.5 Å². The molecule has 0 amide bonds. The third kappa shape index (κ3) is 4.52. The number of thiophene rings is 1. The van der Waals surface area contributed by atoms with E-state index < -0.39 is 5.41 Å². The highest BCUT2D eigenvalue weighted by Crippen LogP contribution is 2.61. The molecule has 274 valence electrons. The minimum Gasteiger partial charge on any atom is -0.292 e. The van der Waals surface area contributed by atoms with Crippen LogP contribution >= 0.6 is 11.3 Å². The average molecular weight is 768 g/mol. The van der Waals surface area contributed by atoms with Gasteiger partial charge in [-0.05, 0) is 98.6 Å². The van der Waals surface area contributed by atoms with E-state index in [1.54, 1.807) is 0 Å². The molecule has 0 aliphatic heterocycles. The van der Waals surface area contributed by atoms with Crippen molar-refractivity contribution >= 4 is 65.6 Å². The van der Waals surface area contributed by atoms with Crippen molar-refractivity contribution in [3.63, 3.8) is 0 Å². The van der Waals surface area contributed by atoms with E-state index in [2.05, 4.69) is 181 Å². The molecule has 4 heterocycles. The Labute approximate surface area is 344 Å². The largest absolute Gasteiger partial charge is 0.292 e. The van der Waals surface area contributed by atoms with Crippen LogP contribution in [-0.2, 0) is 5.41 Å². The van der Waals surface area contributed by atoms with Gasteiger partial charge in [0.2, 0.25) is 0 Å². The maximum absolute atomic E-state index is 5.35. The minimum atomic E-state index is -0.535. The van der Waals surface area contributed by atoms with Crippen LogP contribution in [0.25, 0.3) is 93.6 Å². The van der Waals surface area contributed by atoms with E-state index in [-0.39, 0.29) is 0 Å². The topological polar surface area (TPSA) is 30.7 Å². The molecule has 4 aromatic heterocycles. The van der Waals surface area contributed by atoms with Crippen LogP contribution in [0, 0.1) is 0 Å². The van der Waals surface area contributed by atoms with Crippen molar-refractivity contribution in [1.29, 1.82) is 0 Å². The number of hydrogen-bond donors (Lipinski definition) is 0. The first-order chi connectivity index (χ1) is 29.3. The fourth-order valence-electron chi connectivity index (χ4n) is 10.2. The van der Waals surface area contributed by atoms with Crippen molar-refractivity contribution in [2.45, 2.75) is 5.41 Å². The predicted molar refractivity (Wildman–Crippen MR) is 246 cm³/mol. The SMILES string of the molecule is C1=Cc2ccc(-c3ccc4c(c3)c3nc(-c5ccccc5)ccc3n4-c3ccccn3)cc2C2(c3ccccc31)c1ccccc1-c1c2ccc2c1sc1ccccc12. The summed E-state index contributed by atoms with van der Waals surface area (Å²) >= 11 is 1.92. The molecule has 0 fully saturated rings. The van der Waals surface area contributed by atoms with Crippen molar-refractivity contribution in [3.05, 3.63) is 222 Å². The van der Waals surface area contributed by atoms with E-state index in [1.165, 1.54) is 70.2 Å². The molecule has 13 rings (SSSR count). The summed E-state index contributed by atoms with van der Waals surface area (Å²) in [6.07, 6.45) is 6.50. The summed E-state index contributed by atoms with van der Waals surface area (Å²) in [4.78, 5) is 10.2. The number of rotatable bonds is 3. The number of fused-ring (bicyclic) bond motifs is 16. The van der Waals surface area contributed by atoms with Gasteiger partial charge in [-0.3, -0.25) is 4.57 Å². The highest BCUT2D eigenvalue weighted by Gasteiger charge is 2.49. The normalized spacial score (nSPS) is 15.1. The predicted octanol–water partition coefficient (Wildman–Crippen LogP) is 14.1. The summed E-state index contributed by atoms with van der Waals surface area (Å²) < 4.78 is 4.92. The Morgan fingerprint density at radius 1 is 0.475 bits per heavy atom. The van der Waals surface area contributed by atoms with Gasteiger partial charge in [-0.25, -0.2) is 9.97 Å². The Hall–Kier alpha value is -7.40. The molecule has 4 heteroatoms. The van der Waals surface area contributed by atoms with Crippen molar-refractivity contribution in [3.8, 4) is 39.3 Å². The second-order valence-corrected chi connectivity index (χ2v) is 16.7. The van der Waals surface area contributed by atoms with E-state index in [0.29, 0.717) is 0 Å². The molecule has 2 aliphatic carbocycles. The summed E-state index contributed by atoms with van der Waals surface area (Å²) in [5.41, 5.74) is 17.3. The van der Waals surface area contributed by atoms with E-state index in [0.717, 1.165) is 44.6 Å². The van der Waals surface area contributed by atoms with Crippen LogP contribution in [0.15, 0.2) is 188 Å². The molecule has 3 nitrogen and oxygen atoms in total. The summed E-state index contributed by atoms with van der Waals surface area (Å²) in [7, 11) is 0. The molecule has 0 saturated carbocycles. The molecule has 1 unspecified atom stereocenters. The zero-order valence-electron chi connectivity index (χ0n) is 31.8. The molecule has 59 heavy (non-hydrogen) atoms. The van der Waals surface area contributed by atoms with Crippen LogP contribution in [0.5, 0.6) is 0 Å². The average Bonchev–Trinajstić information content (AvgIpc) is 3.91. The van der Waals surface area contributed by atoms with Crippen LogP contribution in [-0.4, -0.2) is 14.5 Å². The van der Waals surface area contributed by atoms with Crippen LogP contribution in [0.2, 0.25) is 0 Å². The van der Waals surface area contributed by atoms with E-state index in [4.69, 9.17) is 9.97 Å². The number of nitrogens with zero attached hydrogens (tertiary/aromatic N) is 3. The van der Waals surface area contributed by atoms with Crippen LogP contribution in [0.4, 0.5) is 0 Å². The maximum atomic E-state index is 5.35. The molecule has 2 aliphatic rings. The number of benzene rings is 7. The Kier molecular flexibility index (Phi) is 6.81. The quantitative estimate of drug-likeness (QED) is 0.179. The summed E-state index contributed by atoms with van der Waals surface area (Å²) in [6.45, 7) is 0. The highest BCUT2D eigenvalue weighted by molar-refractivity contribution is 7.26. The van der Waals surface area contributed by atoms with Gasteiger partial charge in [0.25, 0.3) is 0 Å². The molecule has 1 atom stereocenters. The summed E-state index contributed by atoms with van der Waals surface area (Å²) in [5, 5.41) is 3.75. The fourth-order valence-corrected chi connectivity index (χ4v) is 11.5. The lowest BCUT2D eigenvalue weighted by molar-refractivity contribution is 0.767. The molecule has 0 radical (unpaired) electrons. The van der Waals surface area contributed by atoms with Gasteiger partial charge in [-0.1, -0.05) is 146 Å². The lowest BCUT2D eigenvalue weighted by atomic mass is 9.65. The van der Waals surface area contributed by atoms with Gasteiger partial charge in [0.1, 0.15) is 5.82 Å². The summed E-state index contributed by atoms with van der Waals surface area (Å²) in [6, 6.07) is 66.6. The zero-order valence-corrected chi connectivity index (χ0v) is 32.6. The van der Waals surface area contributed by atoms with Crippen molar-refractivity contribution in [2.24, 2.45) is 0 Å². The smallest absolute Gasteiger partial charge is 0.137 e. The first-order valence-corrected chi connectivity index (χ1v) is 21.0. The third-order valence-electron chi connectivity index (χ3n) is 12.7. The molecule has 0 saturated heterocycles. The van der Waals surface area contributed by atoms with Crippen LogP contribution < -0.4 is 0 Å². The number of aromatic nitrogens is 3. The van der Waals surface area contributed by atoms with Gasteiger partial charge in [-0.15, -0.1) is 11.3 Å². The van der Waals surface area contributed by atoms with Crippen molar-refractivity contribution in [2.75, 3.05) is 0 Å². The second kappa shape index (κ2) is 12.3. The molecule has 1 spiro atoms. The van der Waals surface area contributed by atoms with Crippen LogP contribution in [0.3, 0.4) is 0 Å². The monoisotopic (exact) mass is 767 g/mol. The van der Waals surface area contributed by atoms with Gasteiger partial charge in [-0.2, -0.15) is 0 Å². The van der Waals surface area contributed by atoms with Crippen LogP contribution in [0.1, 0.15) is 33.4 Å². The molecular weight excluding hydrogens is 735 g/mol. The molecule has 0 N–H and O–H groups in total. The van der Waals surface area contributed by atoms with Gasteiger partial charge < -0.3 is 0 Å². The lowest BCUT2D eigenvalue weighted by Gasteiger charge is -2.35. The zero-order chi connectivity index (χ0) is 38.7. The molecule has 0 bridgehead atoms. The Morgan fingerprint density at radius 3 is 2.12 bits per heavy atom. The first kappa shape index (κ1) is 32.7. The fraction of sp³-hybridized carbons (Fsp3) is 0.0182. The van der Waals surface area contributed by atoms with E-state index >= 15 is 0 Å². The lowest BCUT2D eigenvalue weighted by Crippen LogP contribution is -2.30. The third-order valence-corrected chi connectivity index (χ3v) is 13.9. The number of pyridine rings is 2. The van der Waals surface area contributed by atoms with Gasteiger partial charge in [0.15, 0.2) is 0 Å². The highest BCUT2D eigenvalue weighted by atomic mass is 32.1. The van der Waals surface area contributed by atoms with E-state index in [1.807, 2.05) is 35.7 Å². The second-order valence-electron chi connectivity index (χ2n) is 15.7. The minimum absolute atomic E-state index is 0.535. The van der Waals surface area contributed by atoms with Gasteiger partial charge in [0, 0.05) is 42.9 Å². The Balaban J connectivity index is 1.08. The maximum Gasteiger partial charge on any atom is 0.137 e. The van der Waals surface area contributed by atoms with E-state index in [9.17, 15) is 0 Å². The summed E-state index contributed by atoms with van der Waals surface area (Å²) in [5.74, 6) is 0.873. The van der Waals surface area contributed by atoms with Gasteiger partial charge >= 0.3 is 0 Å². The molecule has 7 aromatic carbocycles. The Morgan fingerprint density at radius 2 is 1.22 bits per heavy atom. The first-order valence-electron chi connectivity index (χ1n) is 20.1.